The number of amides is 2. The summed E-state index contributed by atoms with van der Waals surface area (Å²) in [6.45, 7) is 0.757. The minimum absolute atomic E-state index is 0.0391. The fourth-order valence-electron chi connectivity index (χ4n) is 2.60. The highest BCUT2D eigenvalue weighted by Gasteiger charge is 2.07. The van der Waals surface area contributed by atoms with Gasteiger partial charge in [-0.05, 0) is 23.3 Å². The third-order valence-corrected chi connectivity index (χ3v) is 3.73. The van der Waals surface area contributed by atoms with Gasteiger partial charge in [-0.25, -0.2) is 9.86 Å². The second kappa shape index (κ2) is 6.97. The molecule has 2 heterocycles. The fourth-order valence-corrected chi connectivity index (χ4v) is 2.60. The Morgan fingerprint density at radius 1 is 1.29 bits per heavy atom. The number of hydrogen-bond acceptors (Lipinski definition) is 3. The summed E-state index contributed by atoms with van der Waals surface area (Å²) >= 11 is 0. The molecule has 0 aliphatic rings. The van der Waals surface area contributed by atoms with Crippen LogP contribution in [0.1, 0.15) is 11.1 Å². The van der Waals surface area contributed by atoms with Crippen LogP contribution in [-0.2, 0) is 6.54 Å². The third-order valence-electron chi connectivity index (χ3n) is 3.73. The van der Waals surface area contributed by atoms with Crippen molar-refractivity contribution in [2.75, 3.05) is 6.54 Å². The number of fused-ring (bicyclic) bond motifs is 1. The molecule has 0 spiro atoms. The van der Waals surface area contributed by atoms with Crippen molar-refractivity contribution in [3.05, 3.63) is 72.2 Å². The minimum atomic E-state index is -0.876. The van der Waals surface area contributed by atoms with E-state index in [1.165, 1.54) is 0 Å². The van der Waals surface area contributed by atoms with Gasteiger partial charge in [-0.3, -0.25) is 10.2 Å². The smallest absolute Gasteiger partial charge is 0.338 e. The molecule has 0 aliphatic heterocycles. The first-order valence-corrected chi connectivity index (χ1v) is 7.54. The van der Waals surface area contributed by atoms with E-state index in [1.807, 2.05) is 48.8 Å². The maximum atomic E-state index is 10.8. The molecule has 3 rings (SSSR count). The van der Waals surface area contributed by atoms with Gasteiger partial charge in [-0.15, -0.1) is 0 Å². The lowest BCUT2D eigenvalue weighted by molar-refractivity contribution is -0.0286. The molecule has 24 heavy (non-hydrogen) atoms. The predicted molar refractivity (Wildman–Crippen MR) is 92.4 cm³/mol. The number of rotatable bonds is 5. The number of urea groups is 1. The SMILES string of the molecule is NC(=O)N(O)CC=Cc1cn(Cc2cccnc2)c2ccccc12. The highest BCUT2D eigenvalue weighted by Crippen LogP contribution is 2.23. The molecular weight excluding hydrogens is 304 g/mol. The molecular formula is C18H18N4O2. The Labute approximate surface area is 139 Å². The third kappa shape index (κ3) is 3.44. The number of pyridine rings is 1. The van der Waals surface area contributed by atoms with Crippen LogP contribution in [0.2, 0.25) is 0 Å². The van der Waals surface area contributed by atoms with E-state index >= 15 is 0 Å². The minimum Gasteiger partial charge on any atom is -0.350 e. The lowest BCUT2D eigenvalue weighted by Crippen LogP contribution is -2.32. The number of carbonyl (C=O) groups is 1. The Hall–Kier alpha value is -3.12. The molecule has 0 saturated carbocycles. The van der Waals surface area contributed by atoms with E-state index in [1.54, 1.807) is 12.3 Å². The van der Waals surface area contributed by atoms with Crippen LogP contribution in [0, 0.1) is 0 Å². The summed E-state index contributed by atoms with van der Waals surface area (Å²) in [7, 11) is 0. The topological polar surface area (TPSA) is 84.4 Å². The second-order valence-corrected chi connectivity index (χ2v) is 5.41. The first kappa shape index (κ1) is 15.8. The lowest BCUT2D eigenvalue weighted by atomic mass is 10.1. The van der Waals surface area contributed by atoms with Gasteiger partial charge in [0.25, 0.3) is 0 Å². The molecule has 2 aromatic heterocycles. The number of carbonyl (C=O) groups excluding carboxylic acids is 1. The number of primary amides is 1. The summed E-state index contributed by atoms with van der Waals surface area (Å²) in [6, 6.07) is 11.2. The van der Waals surface area contributed by atoms with Crippen molar-refractivity contribution in [3.63, 3.8) is 0 Å². The summed E-state index contributed by atoms with van der Waals surface area (Å²) in [5, 5.41) is 10.9. The van der Waals surface area contributed by atoms with E-state index < -0.39 is 6.03 Å². The molecule has 122 valence electrons. The number of benzene rings is 1. The maximum Gasteiger partial charge on any atom is 0.338 e. The van der Waals surface area contributed by atoms with E-state index in [2.05, 4.69) is 15.6 Å². The van der Waals surface area contributed by atoms with E-state index in [-0.39, 0.29) is 6.54 Å². The molecule has 3 aromatic rings. The molecule has 6 heteroatoms. The standard InChI is InChI=1S/C18H18N4O2/c19-18(23)22(24)10-4-6-15-13-21(12-14-5-3-9-20-11-14)17-8-2-1-7-16(15)17/h1-9,11,13,24H,10,12H2,(H2,19,23). The zero-order valence-electron chi connectivity index (χ0n) is 13.0. The van der Waals surface area contributed by atoms with Crippen molar-refractivity contribution in [1.82, 2.24) is 14.6 Å². The number of hydroxylamine groups is 2. The number of nitrogens with two attached hydrogens (primary N) is 1. The van der Waals surface area contributed by atoms with Crippen LogP contribution in [0.4, 0.5) is 4.79 Å². The van der Waals surface area contributed by atoms with Gasteiger partial charge in [0, 0.05) is 36.0 Å². The Balaban J connectivity index is 1.89. The van der Waals surface area contributed by atoms with Gasteiger partial charge in [-0.1, -0.05) is 36.4 Å². The predicted octanol–water partition coefficient (Wildman–Crippen LogP) is 2.87. The molecule has 2 amide bonds. The van der Waals surface area contributed by atoms with E-state index in [0.717, 1.165) is 28.6 Å². The molecule has 0 saturated heterocycles. The number of hydrogen-bond donors (Lipinski definition) is 2. The van der Waals surface area contributed by atoms with Gasteiger partial charge in [-0.2, -0.15) is 0 Å². The van der Waals surface area contributed by atoms with Crippen molar-refractivity contribution >= 4 is 23.0 Å². The summed E-state index contributed by atoms with van der Waals surface area (Å²) in [5.74, 6) is 0. The Morgan fingerprint density at radius 2 is 2.12 bits per heavy atom. The van der Waals surface area contributed by atoms with Gasteiger partial charge in [0.15, 0.2) is 0 Å². The first-order chi connectivity index (χ1) is 11.6. The molecule has 0 bridgehead atoms. The second-order valence-electron chi connectivity index (χ2n) is 5.41. The van der Waals surface area contributed by atoms with Crippen molar-refractivity contribution in [3.8, 4) is 0 Å². The monoisotopic (exact) mass is 322 g/mol. The van der Waals surface area contributed by atoms with Gasteiger partial charge in [0.1, 0.15) is 0 Å². The van der Waals surface area contributed by atoms with Crippen LogP contribution in [0.5, 0.6) is 0 Å². The first-order valence-electron chi connectivity index (χ1n) is 7.54. The van der Waals surface area contributed by atoms with E-state index in [4.69, 9.17) is 5.73 Å². The zero-order valence-corrected chi connectivity index (χ0v) is 13.0. The van der Waals surface area contributed by atoms with E-state index in [9.17, 15) is 10.0 Å². The fraction of sp³-hybridized carbons (Fsp3) is 0.111. The van der Waals surface area contributed by atoms with Crippen LogP contribution >= 0.6 is 0 Å². The molecule has 3 N–H and O–H groups in total. The Bertz CT molecular complexity index is 871. The van der Waals surface area contributed by atoms with Crippen molar-refractivity contribution in [2.45, 2.75) is 6.54 Å². The van der Waals surface area contributed by atoms with Crippen LogP contribution in [-0.4, -0.2) is 32.4 Å². The van der Waals surface area contributed by atoms with Crippen LogP contribution in [0.3, 0.4) is 0 Å². The van der Waals surface area contributed by atoms with Crippen molar-refractivity contribution in [2.24, 2.45) is 5.73 Å². The quantitative estimate of drug-likeness (QED) is 0.559. The van der Waals surface area contributed by atoms with Gasteiger partial charge in [0.2, 0.25) is 0 Å². The molecule has 0 fully saturated rings. The molecule has 0 aliphatic carbocycles. The largest absolute Gasteiger partial charge is 0.350 e. The summed E-state index contributed by atoms with van der Waals surface area (Å²) in [6.07, 6.45) is 9.21. The number of aromatic nitrogens is 2. The maximum absolute atomic E-state index is 10.8. The van der Waals surface area contributed by atoms with Crippen molar-refractivity contribution < 1.29 is 10.0 Å². The summed E-state index contributed by atoms with van der Waals surface area (Å²) in [5.41, 5.74) is 8.22. The molecule has 1 aromatic carbocycles. The van der Waals surface area contributed by atoms with Crippen LogP contribution in [0.25, 0.3) is 17.0 Å². The van der Waals surface area contributed by atoms with E-state index in [0.29, 0.717) is 5.06 Å². The highest BCUT2D eigenvalue weighted by atomic mass is 16.5. The normalized spacial score (nSPS) is 11.2. The van der Waals surface area contributed by atoms with Gasteiger partial charge < -0.3 is 10.3 Å². The Morgan fingerprint density at radius 3 is 2.88 bits per heavy atom. The van der Waals surface area contributed by atoms with Gasteiger partial charge in [0.05, 0.1) is 6.54 Å². The summed E-state index contributed by atoms with van der Waals surface area (Å²) in [4.78, 5) is 15.0. The van der Waals surface area contributed by atoms with Crippen LogP contribution < -0.4 is 5.73 Å². The highest BCUT2D eigenvalue weighted by molar-refractivity contribution is 5.89. The molecule has 0 atom stereocenters. The number of nitrogens with zero attached hydrogens (tertiary/aromatic N) is 3. The number of para-hydroxylation sites is 1. The average molecular weight is 322 g/mol. The van der Waals surface area contributed by atoms with Crippen molar-refractivity contribution in [1.29, 1.82) is 0 Å². The van der Waals surface area contributed by atoms with Crippen LogP contribution in [0.15, 0.2) is 61.1 Å². The van der Waals surface area contributed by atoms with Gasteiger partial charge >= 0.3 is 6.03 Å². The molecule has 0 unspecified atom stereocenters. The lowest BCUT2D eigenvalue weighted by Gasteiger charge is -2.07. The Kier molecular flexibility index (Phi) is 4.58. The summed E-state index contributed by atoms with van der Waals surface area (Å²) < 4.78 is 2.15. The molecule has 0 radical (unpaired) electrons. The zero-order chi connectivity index (χ0) is 16.9. The average Bonchev–Trinajstić information content (AvgIpc) is 2.94. The molecule has 6 nitrogen and oxygen atoms in total.